The third kappa shape index (κ3) is 5.53. The van der Waals surface area contributed by atoms with Crippen LogP contribution in [0.15, 0.2) is 30.3 Å². The van der Waals surface area contributed by atoms with E-state index in [2.05, 4.69) is 17.8 Å². The minimum Gasteiger partial charge on any atom is -0.691 e. The third-order valence-corrected chi connectivity index (χ3v) is 1.35. The number of hydrogen-bond donors (Lipinski definition) is 0. The summed E-state index contributed by atoms with van der Waals surface area (Å²) in [4.78, 5) is 0. The van der Waals surface area contributed by atoms with E-state index in [9.17, 15) is 0 Å². The standard InChI is InChI=1S/C12H9O.Li/c1-2-10-13-11-6-9-12-7-4-3-5-8-12;/h3-5,7-8H,10-11H2;/q-1;+1. The number of benzene rings is 1. The summed E-state index contributed by atoms with van der Waals surface area (Å²) in [7, 11) is 0. The van der Waals surface area contributed by atoms with Crippen LogP contribution in [0.25, 0.3) is 0 Å². The van der Waals surface area contributed by atoms with Crippen LogP contribution in [0.3, 0.4) is 0 Å². The first-order valence-corrected chi connectivity index (χ1v) is 3.95. The zero-order valence-electron chi connectivity index (χ0n) is 8.21. The van der Waals surface area contributed by atoms with Gasteiger partial charge in [0.15, 0.2) is 0 Å². The van der Waals surface area contributed by atoms with Gasteiger partial charge >= 0.3 is 18.9 Å². The number of ether oxygens (including phenoxy) is 1. The Morgan fingerprint density at radius 2 is 1.86 bits per heavy atom. The Kier molecular flexibility index (Phi) is 7.82. The summed E-state index contributed by atoms with van der Waals surface area (Å²) in [6.45, 7) is 0.560. The van der Waals surface area contributed by atoms with Gasteiger partial charge in [-0.15, -0.1) is 0 Å². The average molecular weight is 176 g/mol. The molecule has 0 heterocycles. The van der Waals surface area contributed by atoms with Crippen LogP contribution in [-0.2, 0) is 4.74 Å². The summed E-state index contributed by atoms with van der Waals surface area (Å²) in [6.07, 6.45) is 6.58. The van der Waals surface area contributed by atoms with Gasteiger partial charge in [0.05, 0.1) is 6.61 Å². The Morgan fingerprint density at radius 1 is 1.14 bits per heavy atom. The molecule has 0 unspecified atom stereocenters. The third-order valence-electron chi connectivity index (χ3n) is 1.35. The molecule has 0 radical (unpaired) electrons. The van der Waals surface area contributed by atoms with Gasteiger partial charge in [0, 0.05) is 5.56 Å². The monoisotopic (exact) mass is 176 g/mol. The van der Waals surface area contributed by atoms with E-state index < -0.39 is 0 Å². The molecular formula is C12H9LiO. The normalized spacial score (nSPS) is 7.64. The number of hydrogen-bond acceptors (Lipinski definition) is 1. The van der Waals surface area contributed by atoms with E-state index in [0.29, 0.717) is 6.61 Å². The van der Waals surface area contributed by atoms with Crippen LogP contribution in [0.4, 0.5) is 0 Å². The van der Waals surface area contributed by atoms with Gasteiger partial charge in [-0.05, 0) is 12.1 Å². The second-order valence-electron chi connectivity index (χ2n) is 2.34. The molecule has 0 saturated heterocycles. The first-order valence-electron chi connectivity index (χ1n) is 3.95. The van der Waals surface area contributed by atoms with Gasteiger partial charge in [-0.1, -0.05) is 30.0 Å². The quantitative estimate of drug-likeness (QED) is 0.234. The summed E-state index contributed by atoms with van der Waals surface area (Å²) in [6, 6.07) is 9.71. The molecule has 1 rings (SSSR count). The van der Waals surface area contributed by atoms with E-state index in [-0.39, 0.29) is 25.5 Å². The zero-order valence-corrected chi connectivity index (χ0v) is 8.21. The Hall–Kier alpha value is -1.10. The molecule has 2 heteroatoms. The first-order chi connectivity index (χ1) is 6.43. The van der Waals surface area contributed by atoms with Gasteiger partial charge in [0.2, 0.25) is 0 Å². The molecule has 0 fully saturated rings. The van der Waals surface area contributed by atoms with Gasteiger partial charge in [-0.3, -0.25) is 0 Å². The summed E-state index contributed by atoms with van der Waals surface area (Å²) in [5.41, 5.74) is 0.977. The second-order valence-corrected chi connectivity index (χ2v) is 2.34. The number of rotatable bonds is 2. The molecule has 0 spiro atoms. The van der Waals surface area contributed by atoms with Crippen LogP contribution in [0.1, 0.15) is 5.56 Å². The summed E-state index contributed by atoms with van der Waals surface area (Å²) in [5.74, 6) is 7.91. The van der Waals surface area contributed by atoms with E-state index in [4.69, 9.17) is 11.2 Å². The van der Waals surface area contributed by atoms with Crippen molar-refractivity contribution >= 4 is 0 Å². The van der Waals surface area contributed by atoms with Crippen LogP contribution in [0.2, 0.25) is 0 Å². The van der Waals surface area contributed by atoms with E-state index in [1.807, 2.05) is 30.3 Å². The molecule has 1 aromatic rings. The Balaban J connectivity index is 0.00000169. The van der Waals surface area contributed by atoms with Crippen molar-refractivity contribution in [1.82, 2.24) is 0 Å². The summed E-state index contributed by atoms with van der Waals surface area (Å²) >= 11 is 0. The maximum atomic E-state index is 6.58. The van der Waals surface area contributed by atoms with Crippen molar-refractivity contribution in [2.75, 3.05) is 13.2 Å². The predicted octanol–water partition coefficient (Wildman–Crippen LogP) is -1.35. The molecule has 0 saturated carbocycles. The Morgan fingerprint density at radius 3 is 2.50 bits per heavy atom. The predicted molar refractivity (Wildman–Crippen MR) is 51.3 cm³/mol. The molecule has 0 aromatic heterocycles. The van der Waals surface area contributed by atoms with Crippen molar-refractivity contribution in [2.24, 2.45) is 0 Å². The fourth-order valence-electron chi connectivity index (χ4n) is 0.813. The first kappa shape index (κ1) is 12.9. The molecule has 14 heavy (non-hydrogen) atoms. The fourth-order valence-corrected chi connectivity index (χ4v) is 0.813. The Labute approximate surface area is 97.0 Å². The molecule has 0 N–H and O–H groups in total. The van der Waals surface area contributed by atoms with Gasteiger partial charge < -0.3 is 17.1 Å². The largest absolute Gasteiger partial charge is 1.00 e. The van der Waals surface area contributed by atoms with Crippen molar-refractivity contribution in [3.05, 3.63) is 42.3 Å². The summed E-state index contributed by atoms with van der Waals surface area (Å²) in [5, 5.41) is 0. The van der Waals surface area contributed by atoms with E-state index in [0.717, 1.165) is 5.56 Å². The zero-order chi connectivity index (χ0) is 9.36. The van der Waals surface area contributed by atoms with Crippen molar-refractivity contribution in [1.29, 1.82) is 0 Å². The van der Waals surface area contributed by atoms with Crippen LogP contribution in [-0.4, -0.2) is 13.2 Å². The van der Waals surface area contributed by atoms with E-state index in [1.54, 1.807) is 0 Å². The Bertz CT molecular complexity index is 340. The van der Waals surface area contributed by atoms with Gasteiger partial charge in [-0.25, -0.2) is 0 Å². The van der Waals surface area contributed by atoms with E-state index in [1.165, 1.54) is 0 Å². The summed E-state index contributed by atoms with van der Waals surface area (Å²) < 4.78 is 4.93. The molecule has 0 aliphatic heterocycles. The second kappa shape index (κ2) is 8.49. The van der Waals surface area contributed by atoms with Gasteiger partial charge in [0.1, 0.15) is 6.61 Å². The molecule has 0 amide bonds. The minimum absolute atomic E-state index is 0. The minimum atomic E-state index is 0. The SMILES string of the molecule is [C-]#CCOCC#Cc1ccccc1.[Li+]. The molecule has 0 bridgehead atoms. The van der Waals surface area contributed by atoms with Crippen molar-refractivity contribution in [3.63, 3.8) is 0 Å². The molecule has 1 aromatic carbocycles. The van der Waals surface area contributed by atoms with Crippen LogP contribution < -0.4 is 18.9 Å². The average Bonchev–Trinajstić information content (AvgIpc) is 2.19. The van der Waals surface area contributed by atoms with Crippen LogP contribution >= 0.6 is 0 Å². The van der Waals surface area contributed by atoms with Crippen LogP contribution in [0, 0.1) is 24.2 Å². The van der Waals surface area contributed by atoms with Crippen molar-refractivity contribution in [3.8, 4) is 17.8 Å². The molecule has 64 valence electrons. The van der Waals surface area contributed by atoms with Crippen molar-refractivity contribution < 1.29 is 23.6 Å². The fraction of sp³-hybridized carbons (Fsp3) is 0.167. The molecular weight excluding hydrogens is 167 g/mol. The van der Waals surface area contributed by atoms with Gasteiger partial charge in [0.25, 0.3) is 0 Å². The molecule has 0 aliphatic carbocycles. The van der Waals surface area contributed by atoms with E-state index >= 15 is 0 Å². The van der Waals surface area contributed by atoms with Crippen molar-refractivity contribution in [2.45, 2.75) is 0 Å². The maximum absolute atomic E-state index is 6.58. The van der Waals surface area contributed by atoms with Gasteiger partial charge in [-0.2, -0.15) is 0 Å². The molecule has 1 nitrogen and oxygen atoms in total. The maximum Gasteiger partial charge on any atom is 1.00 e. The smallest absolute Gasteiger partial charge is 0.691 e. The molecule has 0 atom stereocenters. The molecule has 0 aliphatic rings. The topological polar surface area (TPSA) is 9.23 Å². The van der Waals surface area contributed by atoms with Crippen LogP contribution in [0.5, 0.6) is 0 Å².